The molecule has 1 fully saturated rings. The van der Waals surface area contributed by atoms with Gasteiger partial charge < -0.3 is 20.5 Å². The molecule has 0 radical (unpaired) electrons. The molecule has 0 unspecified atom stereocenters. The normalized spacial score (nSPS) is 16.1. The first-order chi connectivity index (χ1) is 16.5. The number of alkyl carbamates (subject to hydrolysis) is 1. The number of fused-ring (bicyclic) bond motifs is 3. The lowest BCUT2D eigenvalue weighted by molar-refractivity contribution is -0.152. The van der Waals surface area contributed by atoms with Crippen LogP contribution in [0, 0.1) is 11.3 Å². The molecular weight excluding hydrogens is 444 g/mol. The number of carboxylic acids is 1. The van der Waals surface area contributed by atoms with Crippen molar-refractivity contribution in [2.45, 2.75) is 64.5 Å². The predicted molar refractivity (Wildman–Crippen MR) is 133 cm³/mol. The fraction of sp³-hybridized carbons (Fsp3) is 0.464. The number of carboxylic acid groups (broad SMARTS) is 1. The van der Waals surface area contributed by atoms with E-state index in [1.54, 1.807) is 27.7 Å². The standard InChI is InChI=1S/C28H34N2O5/c1-27(2,25(32)33)28(3,4)30-24(31)23(15-17-13-14-17)29-26(34)35-16-22-20-11-7-5-9-18(20)19-10-6-8-12-21(19)22/h5-12,17,22-23H,13-16H2,1-4H3,(H,29,34)(H,30,31)(H,32,33)/t23-/m0/s1. The van der Waals surface area contributed by atoms with E-state index in [4.69, 9.17) is 4.74 Å². The molecule has 2 aliphatic carbocycles. The van der Waals surface area contributed by atoms with Crippen molar-refractivity contribution in [3.05, 3.63) is 59.7 Å². The molecular formula is C28H34N2O5. The van der Waals surface area contributed by atoms with Crippen molar-refractivity contribution in [3.8, 4) is 11.1 Å². The van der Waals surface area contributed by atoms with Gasteiger partial charge in [0, 0.05) is 5.92 Å². The van der Waals surface area contributed by atoms with Crippen LogP contribution < -0.4 is 10.6 Å². The van der Waals surface area contributed by atoms with E-state index in [0.29, 0.717) is 12.3 Å². The third kappa shape index (κ3) is 5.04. The molecule has 3 N–H and O–H groups in total. The van der Waals surface area contributed by atoms with Gasteiger partial charge in [0.05, 0.1) is 11.0 Å². The van der Waals surface area contributed by atoms with Gasteiger partial charge in [-0.3, -0.25) is 9.59 Å². The molecule has 0 bridgehead atoms. The highest BCUT2D eigenvalue weighted by molar-refractivity contribution is 5.87. The third-order valence-corrected chi connectivity index (χ3v) is 7.75. The summed E-state index contributed by atoms with van der Waals surface area (Å²) < 4.78 is 5.63. The molecule has 0 aromatic heterocycles. The molecule has 0 spiro atoms. The van der Waals surface area contributed by atoms with Crippen molar-refractivity contribution >= 4 is 18.0 Å². The highest BCUT2D eigenvalue weighted by atomic mass is 16.5. The van der Waals surface area contributed by atoms with Gasteiger partial charge in [-0.15, -0.1) is 0 Å². The van der Waals surface area contributed by atoms with Crippen molar-refractivity contribution in [2.75, 3.05) is 6.61 Å². The van der Waals surface area contributed by atoms with E-state index in [9.17, 15) is 19.5 Å². The number of carbonyl (C=O) groups is 3. The number of amides is 2. The van der Waals surface area contributed by atoms with E-state index in [2.05, 4.69) is 34.9 Å². The zero-order valence-electron chi connectivity index (χ0n) is 20.8. The summed E-state index contributed by atoms with van der Waals surface area (Å²) in [4.78, 5) is 37.7. The highest BCUT2D eigenvalue weighted by Gasteiger charge is 2.45. The molecule has 2 aromatic carbocycles. The molecule has 35 heavy (non-hydrogen) atoms. The lowest BCUT2D eigenvalue weighted by Crippen LogP contribution is -2.60. The number of rotatable bonds is 9. The van der Waals surface area contributed by atoms with Crippen LogP contribution in [-0.2, 0) is 14.3 Å². The summed E-state index contributed by atoms with van der Waals surface area (Å²) in [6.07, 6.45) is 1.88. The zero-order chi connectivity index (χ0) is 25.4. The molecule has 0 heterocycles. The van der Waals surface area contributed by atoms with E-state index < -0.39 is 35.0 Å². The van der Waals surface area contributed by atoms with Crippen molar-refractivity contribution < 1.29 is 24.2 Å². The second-order valence-electron chi connectivity index (χ2n) is 10.7. The maximum Gasteiger partial charge on any atom is 0.407 e. The average Bonchev–Trinajstić information content (AvgIpc) is 3.57. The topological polar surface area (TPSA) is 105 Å². The quantitative estimate of drug-likeness (QED) is 0.485. The highest BCUT2D eigenvalue weighted by Crippen LogP contribution is 2.44. The van der Waals surface area contributed by atoms with Crippen LogP contribution in [0.4, 0.5) is 4.79 Å². The van der Waals surface area contributed by atoms with Crippen LogP contribution in [0.3, 0.4) is 0 Å². The molecule has 7 nitrogen and oxygen atoms in total. The number of aliphatic carboxylic acids is 1. The summed E-state index contributed by atoms with van der Waals surface area (Å²) in [6.45, 7) is 6.67. The molecule has 1 saturated carbocycles. The van der Waals surface area contributed by atoms with Crippen molar-refractivity contribution in [3.63, 3.8) is 0 Å². The Morgan fingerprint density at radius 2 is 1.51 bits per heavy atom. The van der Waals surface area contributed by atoms with E-state index >= 15 is 0 Å². The van der Waals surface area contributed by atoms with Crippen molar-refractivity contribution in [2.24, 2.45) is 11.3 Å². The van der Waals surface area contributed by atoms with Gasteiger partial charge in [-0.1, -0.05) is 61.4 Å². The smallest absolute Gasteiger partial charge is 0.407 e. The fourth-order valence-corrected chi connectivity index (χ4v) is 4.52. The Morgan fingerprint density at radius 3 is 2.03 bits per heavy atom. The van der Waals surface area contributed by atoms with Gasteiger partial charge in [0.1, 0.15) is 12.6 Å². The minimum absolute atomic E-state index is 0.0702. The fourth-order valence-electron chi connectivity index (χ4n) is 4.52. The second kappa shape index (κ2) is 9.36. The molecule has 2 aromatic rings. The molecule has 4 rings (SSSR count). The largest absolute Gasteiger partial charge is 0.481 e. The molecule has 2 amide bonds. The lowest BCUT2D eigenvalue weighted by atomic mass is 9.74. The summed E-state index contributed by atoms with van der Waals surface area (Å²) in [5, 5.41) is 15.2. The number of hydrogen-bond donors (Lipinski definition) is 3. The van der Waals surface area contributed by atoms with E-state index in [-0.39, 0.29) is 12.5 Å². The van der Waals surface area contributed by atoms with Crippen LogP contribution in [0.5, 0.6) is 0 Å². The minimum Gasteiger partial charge on any atom is -0.481 e. The SMILES string of the molecule is CC(C)(NC(=O)[C@H](CC1CC1)NC(=O)OCC1c2ccccc2-c2ccccc21)C(C)(C)C(=O)O. The van der Waals surface area contributed by atoms with E-state index in [1.807, 2.05) is 24.3 Å². The molecule has 0 aliphatic heterocycles. The average molecular weight is 479 g/mol. The Bertz CT molecular complexity index is 1090. The zero-order valence-corrected chi connectivity index (χ0v) is 20.8. The molecule has 0 saturated heterocycles. The Hall–Kier alpha value is -3.35. The number of ether oxygens (including phenoxy) is 1. The van der Waals surface area contributed by atoms with Crippen LogP contribution in [-0.4, -0.2) is 41.3 Å². The first-order valence-corrected chi connectivity index (χ1v) is 12.2. The molecule has 186 valence electrons. The summed E-state index contributed by atoms with van der Waals surface area (Å²) in [5.41, 5.74) is 2.30. The first-order valence-electron chi connectivity index (χ1n) is 12.2. The van der Waals surface area contributed by atoms with Crippen molar-refractivity contribution in [1.29, 1.82) is 0 Å². The van der Waals surface area contributed by atoms with Crippen LogP contribution >= 0.6 is 0 Å². The third-order valence-electron chi connectivity index (χ3n) is 7.75. The summed E-state index contributed by atoms with van der Waals surface area (Å²) in [5.74, 6) is -1.11. The number of carbonyl (C=O) groups excluding carboxylic acids is 2. The molecule has 2 aliphatic rings. The molecule has 1 atom stereocenters. The van der Waals surface area contributed by atoms with Gasteiger partial charge in [0.2, 0.25) is 5.91 Å². The Labute approximate surface area is 206 Å². The summed E-state index contributed by atoms with van der Waals surface area (Å²) >= 11 is 0. The summed E-state index contributed by atoms with van der Waals surface area (Å²) in [7, 11) is 0. The first kappa shape index (κ1) is 24.8. The monoisotopic (exact) mass is 478 g/mol. The van der Waals surface area contributed by atoms with Crippen LogP contribution in [0.1, 0.15) is 64.0 Å². The molecule has 7 heteroatoms. The predicted octanol–water partition coefficient (Wildman–Crippen LogP) is 4.70. The van der Waals surface area contributed by atoms with Crippen LogP contribution in [0.15, 0.2) is 48.5 Å². The van der Waals surface area contributed by atoms with Gasteiger partial charge in [0.15, 0.2) is 0 Å². The maximum absolute atomic E-state index is 13.1. The van der Waals surface area contributed by atoms with Gasteiger partial charge in [-0.25, -0.2) is 4.79 Å². The number of benzene rings is 2. The van der Waals surface area contributed by atoms with Gasteiger partial charge in [0.25, 0.3) is 0 Å². The number of hydrogen-bond acceptors (Lipinski definition) is 4. The Balaban J connectivity index is 1.42. The number of nitrogens with one attached hydrogen (secondary N) is 2. The minimum atomic E-state index is -1.20. The van der Waals surface area contributed by atoms with Gasteiger partial charge in [-0.2, -0.15) is 0 Å². The van der Waals surface area contributed by atoms with Crippen LogP contribution in [0.25, 0.3) is 11.1 Å². The van der Waals surface area contributed by atoms with E-state index in [1.165, 1.54) is 0 Å². The Morgan fingerprint density at radius 1 is 0.971 bits per heavy atom. The van der Waals surface area contributed by atoms with Gasteiger partial charge in [-0.05, 0) is 62.3 Å². The van der Waals surface area contributed by atoms with Gasteiger partial charge >= 0.3 is 12.1 Å². The lowest BCUT2D eigenvalue weighted by Gasteiger charge is -2.39. The summed E-state index contributed by atoms with van der Waals surface area (Å²) in [6, 6.07) is 15.4. The van der Waals surface area contributed by atoms with E-state index in [0.717, 1.165) is 35.1 Å². The Kier molecular flexibility index (Phi) is 6.62. The van der Waals surface area contributed by atoms with Crippen molar-refractivity contribution in [1.82, 2.24) is 10.6 Å². The second-order valence-corrected chi connectivity index (χ2v) is 10.7. The maximum atomic E-state index is 13.1. The van der Waals surface area contributed by atoms with Crippen LogP contribution in [0.2, 0.25) is 0 Å².